The van der Waals surface area contributed by atoms with E-state index < -0.39 is 0 Å². The van der Waals surface area contributed by atoms with Gasteiger partial charge < -0.3 is 18.8 Å². The minimum absolute atomic E-state index is 0.603. The van der Waals surface area contributed by atoms with Gasteiger partial charge in [0.1, 0.15) is 34.6 Å². The summed E-state index contributed by atoms with van der Waals surface area (Å²) in [5, 5.41) is 5.34. The maximum absolute atomic E-state index is 5.38. The number of anilines is 1. The van der Waals surface area contributed by atoms with Crippen LogP contribution in [0.4, 0.5) is 5.82 Å². The Morgan fingerprint density at radius 3 is 2.48 bits per heavy atom. The number of hydrogen-bond acceptors (Lipinski definition) is 7. The molecule has 148 valence electrons. The molecular weight excluding hydrogens is 370 g/mol. The van der Waals surface area contributed by atoms with Gasteiger partial charge in [0.2, 0.25) is 0 Å². The van der Waals surface area contributed by atoms with Gasteiger partial charge in [-0.2, -0.15) is 5.10 Å². The molecule has 0 aliphatic heterocycles. The lowest BCUT2D eigenvalue weighted by Crippen LogP contribution is -1.99. The van der Waals surface area contributed by atoms with Crippen molar-refractivity contribution in [2.75, 3.05) is 26.8 Å². The number of hydrazone groups is 1. The van der Waals surface area contributed by atoms with Gasteiger partial charge in [0.25, 0.3) is 0 Å². The summed E-state index contributed by atoms with van der Waals surface area (Å²) >= 11 is 0. The normalized spacial score (nSPS) is 11.3. The van der Waals surface area contributed by atoms with Crippen molar-refractivity contribution in [1.29, 1.82) is 0 Å². The van der Waals surface area contributed by atoms with E-state index in [0.29, 0.717) is 11.6 Å². The number of aryl methyl sites for hydroxylation is 1. The summed E-state index contributed by atoms with van der Waals surface area (Å²) in [7, 11) is 6.86. The lowest BCUT2D eigenvalue weighted by atomic mass is 10.2. The van der Waals surface area contributed by atoms with Crippen LogP contribution in [-0.2, 0) is 7.05 Å². The van der Waals surface area contributed by atoms with E-state index in [1.165, 1.54) is 6.33 Å². The highest BCUT2D eigenvalue weighted by molar-refractivity contribution is 6.09. The molecule has 0 saturated heterocycles. The van der Waals surface area contributed by atoms with Gasteiger partial charge >= 0.3 is 0 Å². The highest BCUT2D eigenvalue weighted by atomic mass is 16.5. The third-order valence-corrected chi connectivity index (χ3v) is 4.79. The zero-order valence-corrected chi connectivity index (χ0v) is 16.6. The van der Waals surface area contributed by atoms with E-state index in [-0.39, 0.29) is 0 Å². The molecule has 2 heterocycles. The van der Waals surface area contributed by atoms with Crippen LogP contribution in [0.1, 0.15) is 5.56 Å². The predicted molar refractivity (Wildman–Crippen MR) is 113 cm³/mol. The maximum Gasteiger partial charge on any atom is 0.174 e. The molecule has 2 aromatic carbocycles. The Morgan fingerprint density at radius 1 is 0.966 bits per heavy atom. The molecule has 0 amide bonds. The first-order valence-corrected chi connectivity index (χ1v) is 8.94. The Kier molecular flexibility index (Phi) is 4.90. The number of hydrogen-bond donors (Lipinski definition) is 1. The van der Waals surface area contributed by atoms with Crippen LogP contribution >= 0.6 is 0 Å². The number of methoxy groups -OCH3 is 3. The van der Waals surface area contributed by atoms with Gasteiger partial charge in [0.15, 0.2) is 5.82 Å². The molecule has 1 N–H and O–H groups in total. The summed E-state index contributed by atoms with van der Waals surface area (Å²) in [6, 6.07) is 11.4. The van der Waals surface area contributed by atoms with E-state index in [9.17, 15) is 0 Å². The molecule has 0 saturated carbocycles. The lowest BCUT2D eigenvalue weighted by Gasteiger charge is -2.07. The second kappa shape index (κ2) is 7.67. The molecule has 0 spiro atoms. The second-order valence-electron chi connectivity index (χ2n) is 6.34. The van der Waals surface area contributed by atoms with Gasteiger partial charge in [-0.25, -0.2) is 9.97 Å². The maximum atomic E-state index is 5.38. The quantitative estimate of drug-likeness (QED) is 0.399. The van der Waals surface area contributed by atoms with Crippen molar-refractivity contribution in [3.05, 3.63) is 48.3 Å². The number of fused-ring (bicyclic) bond motifs is 3. The van der Waals surface area contributed by atoms with Crippen LogP contribution in [0, 0.1) is 0 Å². The van der Waals surface area contributed by atoms with Crippen LogP contribution in [0.15, 0.2) is 47.8 Å². The number of rotatable bonds is 6. The van der Waals surface area contributed by atoms with Crippen LogP contribution in [0.2, 0.25) is 0 Å². The van der Waals surface area contributed by atoms with Crippen molar-refractivity contribution in [2.45, 2.75) is 0 Å². The number of nitrogens with one attached hydrogen (secondary N) is 1. The summed E-state index contributed by atoms with van der Waals surface area (Å²) in [5.74, 6) is 2.80. The van der Waals surface area contributed by atoms with Crippen LogP contribution in [0.25, 0.3) is 21.9 Å². The second-order valence-corrected chi connectivity index (χ2v) is 6.34. The summed E-state index contributed by atoms with van der Waals surface area (Å²) < 4.78 is 18.0. The molecule has 0 bridgehead atoms. The first-order valence-electron chi connectivity index (χ1n) is 8.94. The summed E-state index contributed by atoms with van der Waals surface area (Å²) in [6.07, 6.45) is 3.19. The van der Waals surface area contributed by atoms with Crippen molar-refractivity contribution in [2.24, 2.45) is 12.1 Å². The van der Waals surface area contributed by atoms with Crippen molar-refractivity contribution in [3.63, 3.8) is 0 Å². The third kappa shape index (κ3) is 3.29. The highest BCUT2D eigenvalue weighted by Gasteiger charge is 2.14. The molecule has 0 unspecified atom stereocenters. The average molecular weight is 391 g/mol. The Labute approximate surface area is 167 Å². The molecule has 4 aromatic rings. The third-order valence-electron chi connectivity index (χ3n) is 4.79. The first-order chi connectivity index (χ1) is 14.2. The van der Waals surface area contributed by atoms with Crippen molar-refractivity contribution in [3.8, 4) is 17.2 Å². The predicted octanol–water partition coefficient (Wildman–Crippen LogP) is 3.59. The fourth-order valence-electron chi connectivity index (χ4n) is 3.32. The molecule has 0 atom stereocenters. The standard InChI is InChI=1S/C21H21N5O3/c1-26-17-7-5-15(28-3)10-16(17)19-20(26)21(23-12-22-19)25-24-11-13-9-14(27-2)6-8-18(13)29-4/h5-12H,1-4H3,(H,22,23,25). The van der Waals surface area contributed by atoms with E-state index in [4.69, 9.17) is 14.2 Å². The van der Waals surface area contributed by atoms with Crippen LogP contribution in [0.5, 0.6) is 17.2 Å². The van der Waals surface area contributed by atoms with E-state index >= 15 is 0 Å². The number of aromatic nitrogens is 3. The van der Waals surface area contributed by atoms with Crippen LogP contribution < -0.4 is 19.6 Å². The molecule has 4 rings (SSSR count). The Morgan fingerprint density at radius 2 is 1.72 bits per heavy atom. The molecule has 0 fully saturated rings. The van der Waals surface area contributed by atoms with Gasteiger partial charge in [-0.05, 0) is 36.4 Å². The fourth-order valence-corrected chi connectivity index (χ4v) is 3.32. The molecule has 29 heavy (non-hydrogen) atoms. The first kappa shape index (κ1) is 18.5. The van der Waals surface area contributed by atoms with Crippen LogP contribution in [0.3, 0.4) is 0 Å². The Hall–Kier alpha value is -3.81. The van der Waals surface area contributed by atoms with E-state index in [0.717, 1.165) is 39.0 Å². The molecular formula is C21H21N5O3. The van der Waals surface area contributed by atoms with E-state index in [2.05, 4.69) is 20.5 Å². The highest BCUT2D eigenvalue weighted by Crippen LogP contribution is 2.32. The van der Waals surface area contributed by atoms with Crippen molar-refractivity contribution >= 4 is 34.0 Å². The summed E-state index contributed by atoms with van der Waals surface area (Å²) in [5.41, 5.74) is 6.52. The monoisotopic (exact) mass is 391 g/mol. The number of nitrogens with zero attached hydrogens (tertiary/aromatic N) is 4. The molecule has 8 nitrogen and oxygen atoms in total. The number of ether oxygens (including phenoxy) is 3. The Bertz CT molecular complexity index is 1220. The zero-order valence-electron chi connectivity index (χ0n) is 16.6. The summed E-state index contributed by atoms with van der Waals surface area (Å²) in [4.78, 5) is 8.84. The van der Waals surface area contributed by atoms with Gasteiger partial charge in [0.05, 0.1) is 33.1 Å². The van der Waals surface area contributed by atoms with E-state index in [1.807, 2.05) is 48.0 Å². The smallest absolute Gasteiger partial charge is 0.174 e. The minimum atomic E-state index is 0.603. The van der Waals surface area contributed by atoms with Gasteiger partial charge in [-0.1, -0.05) is 0 Å². The molecule has 0 aliphatic carbocycles. The molecule has 0 aliphatic rings. The molecule has 8 heteroatoms. The average Bonchev–Trinajstić information content (AvgIpc) is 3.06. The van der Waals surface area contributed by atoms with Crippen molar-refractivity contribution < 1.29 is 14.2 Å². The van der Waals surface area contributed by atoms with Crippen molar-refractivity contribution in [1.82, 2.24) is 14.5 Å². The minimum Gasteiger partial charge on any atom is -0.497 e. The number of benzene rings is 2. The topological polar surface area (TPSA) is 82.8 Å². The molecule has 2 aromatic heterocycles. The largest absolute Gasteiger partial charge is 0.497 e. The Balaban J connectivity index is 1.73. The van der Waals surface area contributed by atoms with Gasteiger partial charge in [-0.15, -0.1) is 0 Å². The summed E-state index contributed by atoms with van der Waals surface area (Å²) in [6.45, 7) is 0. The lowest BCUT2D eigenvalue weighted by molar-refractivity contribution is 0.402. The zero-order chi connectivity index (χ0) is 20.4. The van der Waals surface area contributed by atoms with Gasteiger partial charge in [0, 0.05) is 18.0 Å². The van der Waals surface area contributed by atoms with E-state index in [1.54, 1.807) is 27.5 Å². The fraction of sp³-hybridized carbons (Fsp3) is 0.190. The van der Waals surface area contributed by atoms with Crippen LogP contribution in [-0.4, -0.2) is 42.1 Å². The SMILES string of the molecule is COc1ccc(OC)c(C=NNc2ncnc3c4cc(OC)ccc4n(C)c23)c1. The molecule has 0 radical (unpaired) electrons. The van der Waals surface area contributed by atoms with Gasteiger partial charge in [-0.3, -0.25) is 5.43 Å².